The number of nitrogens with one attached hydrogen (secondary N) is 1. The normalized spacial score (nSPS) is 11.0. The first-order valence-electron chi connectivity index (χ1n) is 8.21. The first-order valence-corrected chi connectivity index (χ1v) is 8.21. The zero-order valence-electron chi connectivity index (χ0n) is 14.5. The van der Waals surface area contributed by atoms with Gasteiger partial charge >= 0.3 is 5.69 Å². The fourth-order valence-corrected chi connectivity index (χ4v) is 2.53. The number of hydrogen-bond donors (Lipinski definition) is 2. The fraction of sp³-hybridized carbons (Fsp3) is 0.100. The summed E-state index contributed by atoms with van der Waals surface area (Å²) < 4.78 is 1.07. The minimum atomic E-state index is -0.731. The molecule has 0 saturated carbocycles. The van der Waals surface area contributed by atoms with Gasteiger partial charge in [0.2, 0.25) is 5.88 Å². The second-order valence-electron chi connectivity index (χ2n) is 5.93. The maximum atomic E-state index is 12.1. The van der Waals surface area contributed by atoms with Gasteiger partial charge in [-0.2, -0.15) is 0 Å². The van der Waals surface area contributed by atoms with Crippen molar-refractivity contribution in [2.75, 3.05) is 0 Å². The number of carbonyl (C=O) groups excluding carboxylic acids is 1. The lowest BCUT2D eigenvalue weighted by molar-refractivity contribution is 0.101. The molecule has 7 heteroatoms. The molecule has 27 heavy (non-hydrogen) atoms. The zero-order valence-corrected chi connectivity index (χ0v) is 14.5. The smallest absolute Gasteiger partial charge is 0.331 e. The van der Waals surface area contributed by atoms with E-state index in [0.29, 0.717) is 11.3 Å². The number of H-pyrrole nitrogens is 1. The number of carbonyl (C=O) groups is 1. The van der Waals surface area contributed by atoms with Crippen LogP contribution in [0, 0.1) is 0 Å². The van der Waals surface area contributed by atoms with Crippen molar-refractivity contribution in [3.8, 4) is 5.88 Å². The predicted octanol–water partition coefficient (Wildman–Crippen LogP) is 2.24. The fourth-order valence-electron chi connectivity index (χ4n) is 2.53. The second-order valence-corrected chi connectivity index (χ2v) is 5.93. The van der Waals surface area contributed by atoms with Crippen LogP contribution >= 0.6 is 0 Å². The van der Waals surface area contributed by atoms with Gasteiger partial charge in [-0.05, 0) is 36.8 Å². The van der Waals surface area contributed by atoms with Crippen LogP contribution < -0.4 is 11.2 Å². The van der Waals surface area contributed by atoms with Gasteiger partial charge in [-0.1, -0.05) is 30.3 Å². The summed E-state index contributed by atoms with van der Waals surface area (Å²) in [6, 6.07) is 15.6. The lowest BCUT2D eigenvalue weighted by Crippen LogP contribution is -2.32. The number of hydrogen-bond acceptors (Lipinski definition) is 5. The van der Waals surface area contributed by atoms with E-state index < -0.39 is 17.1 Å². The lowest BCUT2D eigenvalue weighted by atomic mass is 10.1. The summed E-state index contributed by atoms with van der Waals surface area (Å²) >= 11 is 0. The van der Waals surface area contributed by atoms with Gasteiger partial charge in [-0.25, -0.2) is 4.79 Å². The molecule has 0 aliphatic rings. The number of aromatic nitrogens is 2. The molecule has 2 N–H and O–H groups in total. The van der Waals surface area contributed by atoms with Crippen LogP contribution in [0.25, 0.3) is 0 Å². The maximum Gasteiger partial charge on any atom is 0.331 e. The Labute approximate surface area is 154 Å². The van der Waals surface area contributed by atoms with Crippen molar-refractivity contribution in [1.29, 1.82) is 0 Å². The average molecular weight is 363 g/mol. The standard InChI is InChI=1S/C20H17N3O4/c1-13(24)15-7-9-16(10-8-15)21-11-17-18(25)22-20(27)23(19(17)26)12-14-5-3-2-4-6-14/h2-11,26H,12H2,1H3,(H,22,25,27). The number of aromatic amines is 1. The summed E-state index contributed by atoms with van der Waals surface area (Å²) in [5.41, 5.74) is 0.284. The minimum absolute atomic E-state index is 0.0624. The Morgan fingerprint density at radius 3 is 2.41 bits per heavy atom. The Morgan fingerprint density at radius 2 is 1.78 bits per heavy atom. The van der Waals surface area contributed by atoms with E-state index in [9.17, 15) is 19.5 Å². The van der Waals surface area contributed by atoms with Crippen LogP contribution in [0.2, 0.25) is 0 Å². The van der Waals surface area contributed by atoms with Gasteiger partial charge < -0.3 is 5.11 Å². The predicted molar refractivity (Wildman–Crippen MR) is 102 cm³/mol. The van der Waals surface area contributed by atoms with Gasteiger partial charge in [0.25, 0.3) is 5.56 Å². The van der Waals surface area contributed by atoms with Gasteiger partial charge in [0.05, 0.1) is 12.2 Å². The van der Waals surface area contributed by atoms with Crippen molar-refractivity contribution in [3.63, 3.8) is 0 Å². The van der Waals surface area contributed by atoms with E-state index in [1.807, 2.05) is 18.2 Å². The molecule has 1 aromatic heterocycles. The second kappa shape index (κ2) is 7.65. The maximum absolute atomic E-state index is 12.1. The number of aromatic hydroxyl groups is 1. The third-order valence-corrected chi connectivity index (χ3v) is 4.01. The molecule has 7 nitrogen and oxygen atoms in total. The van der Waals surface area contributed by atoms with E-state index in [1.54, 1.807) is 36.4 Å². The summed E-state index contributed by atoms with van der Waals surface area (Å²) in [5, 5.41) is 10.4. The zero-order chi connectivity index (χ0) is 19.4. The third-order valence-electron chi connectivity index (χ3n) is 4.01. The first kappa shape index (κ1) is 18.1. The molecule has 0 radical (unpaired) electrons. The van der Waals surface area contributed by atoms with Crippen LogP contribution in [0.1, 0.15) is 28.4 Å². The Kier molecular flexibility index (Phi) is 5.12. The van der Waals surface area contributed by atoms with Gasteiger partial charge in [-0.3, -0.25) is 24.1 Å². The van der Waals surface area contributed by atoms with E-state index in [4.69, 9.17) is 0 Å². The molecule has 0 spiro atoms. The Balaban J connectivity index is 1.95. The van der Waals surface area contributed by atoms with Gasteiger partial charge in [-0.15, -0.1) is 0 Å². The van der Waals surface area contributed by atoms with Crippen LogP contribution in [0.3, 0.4) is 0 Å². The third kappa shape index (κ3) is 4.09. The molecule has 0 atom stereocenters. The largest absolute Gasteiger partial charge is 0.494 e. The average Bonchev–Trinajstić information content (AvgIpc) is 2.66. The highest BCUT2D eigenvalue weighted by Crippen LogP contribution is 2.15. The molecule has 136 valence electrons. The van der Waals surface area contributed by atoms with E-state index >= 15 is 0 Å². The van der Waals surface area contributed by atoms with Gasteiger partial charge in [0, 0.05) is 11.8 Å². The molecule has 0 saturated heterocycles. The highest BCUT2D eigenvalue weighted by molar-refractivity contribution is 5.94. The van der Waals surface area contributed by atoms with Crippen molar-refractivity contribution in [2.45, 2.75) is 13.5 Å². The number of aliphatic imine (C=N–C) groups is 1. The molecule has 1 heterocycles. The first-order chi connectivity index (χ1) is 13.0. The highest BCUT2D eigenvalue weighted by atomic mass is 16.3. The van der Waals surface area contributed by atoms with Gasteiger partial charge in [0.15, 0.2) is 5.78 Å². The summed E-state index contributed by atoms with van der Waals surface area (Å²) in [7, 11) is 0. The van der Waals surface area contributed by atoms with Crippen LogP contribution in [-0.4, -0.2) is 26.7 Å². The number of benzene rings is 2. The van der Waals surface area contributed by atoms with E-state index in [1.165, 1.54) is 13.1 Å². The van der Waals surface area contributed by atoms with Crippen LogP contribution in [0.4, 0.5) is 5.69 Å². The Morgan fingerprint density at radius 1 is 1.11 bits per heavy atom. The van der Waals surface area contributed by atoms with Crippen molar-refractivity contribution >= 4 is 17.7 Å². The molecular weight excluding hydrogens is 346 g/mol. The van der Waals surface area contributed by atoms with Crippen LogP contribution in [0.5, 0.6) is 5.88 Å². The van der Waals surface area contributed by atoms with Crippen LogP contribution in [-0.2, 0) is 6.54 Å². The number of rotatable bonds is 5. The highest BCUT2D eigenvalue weighted by Gasteiger charge is 2.13. The molecule has 0 amide bonds. The number of nitrogens with zero attached hydrogens (tertiary/aromatic N) is 2. The van der Waals surface area contributed by atoms with E-state index in [-0.39, 0.29) is 17.9 Å². The molecule has 0 fully saturated rings. The number of ketones is 1. The topological polar surface area (TPSA) is 105 Å². The van der Waals surface area contributed by atoms with Crippen molar-refractivity contribution in [2.24, 2.45) is 4.99 Å². The molecular formula is C20H17N3O4. The summed E-state index contributed by atoms with van der Waals surface area (Å²) in [4.78, 5) is 41.8. The van der Waals surface area contributed by atoms with Crippen molar-refractivity contribution < 1.29 is 9.90 Å². The monoisotopic (exact) mass is 363 g/mol. The van der Waals surface area contributed by atoms with Crippen LogP contribution in [0.15, 0.2) is 69.2 Å². The number of Topliss-reactive ketones (excluding diaryl/α,β-unsaturated/α-hetero) is 1. The molecule has 2 aromatic carbocycles. The summed E-state index contributed by atoms with van der Waals surface area (Å²) in [6.07, 6.45) is 1.19. The molecule has 0 aliphatic carbocycles. The summed E-state index contributed by atoms with van der Waals surface area (Å²) in [5.74, 6) is -0.524. The van der Waals surface area contributed by atoms with Crippen molar-refractivity contribution in [3.05, 3.63) is 92.1 Å². The SMILES string of the molecule is CC(=O)c1ccc(N=Cc2c(O)n(Cc3ccccc3)c(=O)[nH]c2=O)cc1. The molecule has 3 rings (SSSR count). The minimum Gasteiger partial charge on any atom is -0.494 e. The van der Waals surface area contributed by atoms with Crippen molar-refractivity contribution in [1.82, 2.24) is 9.55 Å². The quantitative estimate of drug-likeness (QED) is 0.536. The molecule has 0 aliphatic heterocycles. The lowest BCUT2D eigenvalue weighted by Gasteiger charge is -2.09. The Hall–Kier alpha value is -3.74. The molecule has 3 aromatic rings. The van der Waals surface area contributed by atoms with Gasteiger partial charge in [0.1, 0.15) is 5.56 Å². The Bertz CT molecular complexity index is 1110. The van der Waals surface area contributed by atoms with E-state index in [2.05, 4.69) is 9.98 Å². The molecule has 0 bridgehead atoms. The summed E-state index contributed by atoms with van der Waals surface area (Å²) in [6.45, 7) is 1.57. The van der Waals surface area contributed by atoms with E-state index in [0.717, 1.165) is 10.1 Å². The molecule has 0 unspecified atom stereocenters.